The fourth-order valence-corrected chi connectivity index (χ4v) is 9.83. The van der Waals surface area contributed by atoms with Gasteiger partial charge in [-0.2, -0.15) is 5.26 Å². The highest BCUT2D eigenvalue weighted by molar-refractivity contribution is 7.44. The fourth-order valence-electron chi connectivity index (χ4n) is 8.01. The smallest absolute Gasteiger partial charge is 0.330 e. The molecule has 15 heteroatoms. The number of benzene rings is 3. The SMILES string of the molecule is COc1ccc(C(OC[C@@]23CN(C(C)=O)[C@@H]([C@H](n4cc(C)c(=O)[nH]c4=O)O2)[C@@H]3OP(OCCC#N)N(C(C)C)C(C)C)(c2ccccc2)c2ccc(OC)cc2)cc1. The van der Waals surface area contributed by atoms with E-state index < -0.39 is 49.4 Å². The summed E-state index contributed by atoms with van der Waals surface area (Å²) in [5, 5.41) is 9.44. The zero-order valence-corrected chi connectivity index (χ0v) is 35.1. The van der Waals surface area contributed by atoms with Crippen LogP contribution >= 0.6 is 8.53 Å². The van der Waals surface area contributed by atoms with E-state index in [1.807, 2.05) is 107 Å². The summed E-state index contributed by atoms with van der Waals surface area (Å²) in [7, 11) is 1.36. The molecule has 0 saturated carbocycles. The largest absolute Gasteiger partial charge is 0.497 e. The molecule has 0 radical (unpaired) electrons. The van der Waals surface area contributed by atoms with Crippen molar-refractivity contribution in [2.75, 3.05) is 34.0 Å². The van der Waals surface area contributed by atoms with Gasteiger partial charge in [0.05, 0.1) is 46.5 Å². The number of nitriles is 1. The van der Waals surface area contributed by atoms with Gasteiger partial charge < -0.3 is 32.9 Å². The van der Waals surface area contributed by atoms with E-state index in [1.165, 1.54) is 17.7 Å². The van der Waals surface area contributed by atoms with Crippen LogP contribution in [-0.2, 0) is 28.9 Å². The monoisotopic (exact) mass is 813 g/mol. The molecule has 308 valence electrons. The number of carbonyl (C=O) groups is 1. The zero-order chi connectivity index (χ0) is 41.8. The van der Waals surface area contributed by atoms with Crippen LogP contribution in [0.5, 0.6) is 11.5 Å². The van der Waals surface area contributed by atoms with Crippen molar-refractivity contribution in [3.8, 4) is 17.6 Å². The molecular weight excluding hydrogens is 761 g/mol. The summed E-state index contributed by atoms with van der Waals surface area (Å²) in [4.78, 5) is 43.9. The minimum atomic E-state index is -1.86. The Morgan fingerprint density at radius 3 is 2.05 bits per heavy atom. The number of aryl methyl sites for hydroxylation is 1. The Morgan fingerprint density at radius 2 is 1.53 bits per heavy atom. The van der Waals surface area contributed by atoms with E-state index in [4.69, 9.17) is 28.0 Å². The van der Waals surface area contributed by atoms with Gasteiger partial charge in [0, 0.05) is 30.8 Å². The summed E-state index contributed by atoms with van der Waals surface area (Å²) < 4.78 is 42.5. The van der Waals surface area contributed by atoms with E-state index >= 15 is 0 Å². The molecule has 1 aromatic heterocycles. The maximum atomic E-state index is 13.7. The number of amides is 1. The predicted octanol–water partition coefficient (Wildman–Crippen LogP) is 6.03. The van der Waals surface area contributed by atoms with Crippen molar-refractivity contribution in [3.63, 3.8) is 0 Å². The number of fused-ring (bicyclic) bond motifs is 2. The van der Waals surface area contributed by atoms with Crippen molar-refractivity contribution >= 4 is 14.4 Å². The number of H-pyrrole nitrogens is 1. The number of methoxy groups -OCH3 is 2. The van der Waals surface area contributed by atoms with E-state index in [2.05, 4.69) is 15.7 Å². The zero-order valence-electron chi connectivity index (χ0n) is 34.2. The summed E-state index contributed by atoms with van der Waals surface area (Å²) >= 11 is 0. The molecule has 2 aliphatic heterocycles. The van der Waals surface area contributed by atoms with Crippen molar-refractivity contribution < 1.29 is 32.8 Å². The lowest BCUT2D eigenvalue weighted by molar-refractivity contribution is -0.182. The molecule has 1 unspecified atom stereocenters. The Hall–Kier alpha value is -4.87. The van der Waals surface area contributed by atoms with Gasteiger partial charge in [-0.1, -0.05) is 54.6 Å². The number of likely N-dealkylation sites (tertiary alicyclic amines) is 1. The van der Waals surface area contributed by atoms with Gasteiger partial charge in [-0.05, 0) is 75.6 Å². The number of aromatic amines is 1. The van der Waals surface area contributed by atoms with Crippen molar-refractivity contribution in [1.82, 2.24) is 19.1 Å². The Balaban J connectivity index is 1.56. The quantitative estimate of drug-likeness (QED) is 0.0754. The van der Waals surface area contributed by atoms with E-state index in [9.17, 15) is 19.6 Å². The van der Waals surface area contributed by atoms with Crippen LogP contribution in [0.2, 0.25) is 0 Å². The first-order chi connectivity index (χ1) is 27.8. The van der Waals surface area contributed by atoms with Crippen molar-refractivity contribution in [3.05, 3.63) is 128 Å². The number of nitrogens with one attached hydrogen (secondary N) is 1. The van der Waals surface area contributed by atoms with E-state index in [0.717, 1.165) is 16.7 Å². The number of hydrogen-bond donors (Lipinski definition) is 1. The van der Waals surface area contributed by atoms with Crippen LogP contribution in [0.1, 0.15) is 69.5 Å². The standard InChI is InChI=1S/C43H52N5O9P/c1-28(2)48(29(3)4)58(55-24-12-23-44)57-38-37-40(46-25-30(5)39(50)45-41(46)51)56-42(38,26-47(37)31(6)49)27-54-43(32-13-10-9-11-14-32,33-15-19-35(52-7)20-16-33)34-17-21-36(53-8)22-18-34/h9-11,13-22,25,28-29,37-38,40H,12,24,26-27H2,1-8H3,(H,45,50,51)/t37-,38+,40-,42-,58?/m1/s1. The predicted molar refractivity (Wildman–Crippen MR) is 218 cm³/mol. The van der Waals surface area contributed by atoms with Gasteiger partial charge in [0.15, 0.2) is 6.23 Å². The van der Waals surface area contributed by atoms with Crippen LogP contribution in [0.25, 0.3) is 0 Å². The number of hydrogen-bond acceptors (Lipinski definition) is 11. The normalized spacial score (nSPS) is 20.8. The van der Waals surface area contributed by atoms with Crippen LogP contribution in [0, 0.1) is 18.3 Å². The first-order valence-corrected chi connectivity index (χ1v) is 20.4. The third-order valence-corrected chi connectivity index (χ3v) is 12.8. The molecule has 4 aromatic rings. The van der Waals surface area contributed by atoms with Crippen LogP contribution in [0.3, 0.4) is 0 Å². The molecule has 6 rings (SSSR count). The maximum absolute atomic E-state index is 13.7. The lowest BCUT2D eigenvalue weighted by Gasteiger charge is -2.42. The second kappa shape index (κ2) is 18.0. The molecule has 5 atom stereocenters. The van der Waals surface area contributed by atoms with Gasteiger partial charge in [0.25, 0.3) is 14.1 Å². The summed E-state index contributed by atoms with van der Waals surface area (Å²) in [6, 6.07) is 26.4. The Kier molecular flexibility index (Phi) is 13.2. The van der Waals surface area contributed by atoms with Crippen LogP contribution in [-0.4, -0.2) is 88.8 Å². The molecule has 2 aliphatic rings. The second-order valence-electron chi connectivity index (χ2n) is 15.1. The molecule has 1 amide bonds. The number of morpholine rings is 1. The summed E-state index contributed by atoms with van der Waals surface area (Å²) in [6.45, 7) is 11.3. The lowest BCUT2D eigenvalue weighted by atomic mass is 9.79. The highest BCUT2D eigenvalue weighted by Crippen LogP contribution is 2.57. The number of aromatic nitrogens is 2. The summed E-state index contributed by atoms with van der Waals surface area (Å²) in [5.74, 6) is 1.06. The lowest BCUT2D eigenvalue weighted by Crippen LogP contribution is -2.52. The first kappa shape index (κ1) is 42.7. The molecule has 14 nitrogen and oxygen atoms in total. The Labute approximate surface area is 340 Å². The first-order valence-electron chi connectivity index (χ1n) is 19.3. The van der Waals surface area contributed by atoms with Gasteiger partial charge in [0.1, 0.15) is 34.8 Å². The molecule has 1 N–H and O–H groups in total. The minimum absolute atomic E-state index is 0.0274. The van der Waals surface area contributed by atoms with Gasteiger partial charge in [0.2, 0.25) is 5.91 Å². The molecule has 0 aliphatic carbocycles. The van der Waals surface area contributed by atoms with Gasteiger partial charge in [-0.25, -0.2) is 9.46 Å². The molecule has 58 heavy (non-hydrogen) atoms. The van der Waals surface area contributed by atoms with Crippen LogP contribution in [0.4, 0.5) is 0 Å². The topological polar surface area (TPSA) is 158 Å². The molecule has 0 spiro atoms. The molecule has 2 bridgehead atoms. The van der Waals surface area contributed by atoms with Crippen molar-refractivity contribution in [1.29, 1.82) is 5.26 Å². The third-order valence-electron chi connectivity index (χ3n) is 10.7. The van der Waals surface area contributed by atoms with E-state index in [-0.39, 0.29) is 49.7 Å². The Morgan fingerprint density at radius 1 is 0.966 bits per heavy atom. The maximum Gasteiger partial charge on any atom is 0.330 e. The second-order valence-corrected chi connectivity index (χ2v) is 16.5. The molecule has 2 saturated heterocycles. The highest BCUT2D eigenvalue weighted by Gasteiger charge is 2.68. The molecule has 3 heterocycles. The van der Waals surface area contributed by atoms with E-state index in [1.54, 1.807) is 26.0 Å². The number of carbonyl (C=O) groups excluding carboxylic acids is 1. The average Bonchev–Trinajstić information content (AvgIpc) is 3.69. The molecule has 2 fully saturated rings. The minimum Gasteiger partial charge on any atom is -0.497 e. The Bertz CT molecular complexity index is 2130. The fraction of sp³-hybridized carbons (Fsp3) is 0.442. The highest BCUT2D eigenvalue weighted by atomic mass is 31.2. The summed E-state index contributed by atoms with van der Waals surface area (Å²) in [5.41, 5.74) is -1.20. The summed E-state index contributed by atoms with van der Waals surface area (Å²) in [6.07, 6.45) is -0.401. The number of nitrogens with zero attached hydrogens (tertiary/aromatic N) is 4. The number of ether oxygens (including phenoxy) is 4. The van der Waals surface area contributed by atoms with Crippen LogP contribution in [0.15, 0.2) is 94.6 Å². The van der Waals surface area contributed by atoms with E-state index in [0.29, 0.717) is 11.5 Å². The van der Waals surface area contributed by atoms with Gasteiger partial charge in [-0.15, -0.1) is 0 Å². The number of rotatable bonds is 17. The van der Waals surface area contributed by atoms with Crippen molar-refractivity contribution in [2.45, 2.75) is 89.6 Å². The molecule has 3 aromatic carbocycles. The van der Waals surface area contributed by atoms with Gasteiger partial charge in [-0.3, -0.25) is 19.1 Å². The third kappa shape index (κ3) is 8.21. The van der Waals surface area contributed by atoms with Gasteiger partial charge >= 0.3 is 5.69 Å². The average molecular weight is 814 g/mol. The van der Waals surface area contributed by atoms with Crippen LogP contribution < -0.4 is 20.7 Å². The molecular formula is C43H52N5O9P. The van der Waals surface area contributed by atoms with Crippen molar-refractivity contribution in [2.24, 2.45) is 0 Å².